The molecule has 1 fully saturated rings. The van der Waals surface area contributed by atoms with Crippen LogP contribution in [0.25, 0.3) is 0 Å². The van der Waals surface area contributed by atoms with E-state index in [0.29, 0.717) is 25.4 Å². The topological polar surface area (TPSA) is 38.8 Å². The number of esters is 1. The van der Waals surface area contributed by atoms with Gasteiger partial charge < -0.3 is 9.47 Å². The molecule has 0 amide bonds. The first kappa shape index (κ1) is 13.5. The maximum atomic E-state index is 11.3. The predicted octanol–water partition coefficient (Wildman–Crippen LogP) is 1.44. The average Bonchev–Trinajstić information content (AvgIpc) is 2.20. The summed E-state index contributed by atoms with van der Waals surface area (Å²) in [5.41, 5.74) is 0. The second-order valence-corrected chi connectivity index (χ2v) is 4.47. The van der Waals surface area contributed by atoms with Crippen molar-refractivity contribution >= 4 is 5.97 Å². The summed E-state index contributed by atoms with van der Waals surface area (Å²) in [6.07, 6.45) is 2.68. The Morgan fingerprint density at radius 1 is 1.38 bits per heavy atom. The fourth-order valence-corrected chi connectivity index (χ4v) is 1.98. The molecule has 0 aromatic carbocycles. The number of likely N-dealkylation sites (tertiary alicyclic amines) is 1. The highest BCUT2D eigenvalue weighted by Gasteiger charge is 2.22. The number of hydrogen-bond donors (Lipinski definition) is 0. The Hall–Kier alpha value is -0.610. The zero-order chi connectivity index (χ0) is 12.0. The molecule has 4 heteroatoms. The zero-order valence-corrected chi connectivity index (χ0v) is 10.6. The second-order valence-electron chi connectivity index (χ2n) is 4.47. The van der Waals surface area contributed by atoms with Gasteiger partial charge in [0.25, 0.3) is 0 Å². The van der Waals surface area contributed by atoms with E-state index in [9.17, 15) is 4.79 Å². The number of hydrogen-bond acceptors (Lipinski definition) is 4. The third-order valence-electron chi connectivity index (χ3n) is 2.66. The van der Waals surface area contributed by atoms with Gasteiger partial charge in [-0.05, 0) is 33.6 Å². The molecule has 1 heterocycles. The molecule has 0 unspecified atom stereocenters. The van der Waals surface area contributed by atoms with Gasteiger partial charge in [-0.25, -0.2) is 0 Å². The molecule has 0 aromatic heterocycles. The van der Waals surface area contributed by atoms with Crippen molar-refractivity contribution in [2.75, 3.05) is 26.2 Å². The van der Waals surface area contributed by atoms with Crippen LogP contribution in [-0.2, 0) is 14.3 Å². The van der Waals surface area contributed by atoms with Gasteiger partial charge in [0.15, 0.2) is 0 Å². The highest BCUT2D eigenvalue weighted by atomic mass is 16.5. The van der Waals surface area contributed by atoms with Gasteiger partial charge in [-0.2, -0.15) is 0 Å². The smallest absolute Gasteiger partial charge is 0.320 e. The van der Waals surface area contributed by atoms with Crippen molar-refractivity contribution in [3.05, 3.63) is 0 Å². The molecule has 0 saturated carbocycles. The number of rotatable bonds is 5. The summed E-state index contributed by atoms with van der Waals surface area (Å²) in [5, 5.41) is 0. The van der Waals surface area contributed by atoms with Crippen LogP contribution in [0.2, 0.25) is 0 Å². The van der Waals surface area contributed by atoms with Crippen molar-refractivity contribution in [3.63, 3.8) is 0 Å². The first-order valence-electron chi connectivity index (χ1n) is 6.15. The lowest BCUT2D eigenvalue weighted by Crippen LogP contribution is -2.40. The van der Waals surface area contributed by atoms with Gasteiger partial charge in [-0.3, -0.25) is 9.69 Å². The largest absolute Gasteiger partial charge is 0.465 e. The minimum absolute atomic E-state index is 0.120. The summed E-state index contributed by atoms with van der Waals surface area (Å²) in [5.74, 6) is -0.120. The van der Waals surface area contributed by atoms with Crippen molar-refractivity contribution in [2.24, 2.45) is 0 Å². The Morgan fingerprint density at radius 3 is 2.50 bits per heavy atom. The maximum absolute atomic E-state index is 11.3. The Bertz CT molecular complexity index is 210. The quantitative estimate of drug-likeness (QED) is 0.669. The minimum atomic E-state index is -0.120. The molecule has 1 saturated heterocycles. The average molecular weight is 229 g/mol. The van der Waals surface area contributed by atoms with Crippen LogP contribution in [0.3, 0.4) is 0 Å². The molecule has 0 spiro atoms. The second kappa shape index (κ2) is 6.86. The van der Waals surface area contributed by atoms with Crippen molar-refractivity contribution < 1.29 is 14.3 Å². The number of carbonyl (C=O) groups is 1. The van der Waals surface area contributed by atoms with E-state index in [0.717, 1.165) is 25.9 Å². The molecule has 0 N–H and O–H groups in total. The summed E-state index contributed by atoms with van der Waals surface area (Å²) in [7, 11) is 0. The van der Waals surface area contributed by atoms with E-state index in [-0.39, 0.29) is 5.97 Å². The highest BCUT2D eigenvalue weighted by Crippen LogP contribution is 2.15. The first-order valence-corrected chi connectivity index (χ1v) is 6.15. The summed E-state index contributed by atoms with van der Waals surface area (Å²) in [6.45, 7) is 8.69. The molecule has 0 aliphatic carbocycles. The Kier molecular flexibility index (Phi) is 5.77. The molecule has 1 aliphatic rings. The van der Waals surface area contributed by atoms with E-state index in [1.165, 1.54) is 0 Å². The zero-order valence-electron chi connectivity index (χ0n) is 10.6. The first-order chi connectivity index (χ1) is 7.61. The van der Waals surface area contributed by atoms with Crippen LogP contribution in [0.5, 0.6) is 0 Å². The molecule has 1 aliphatic heterocycles. The molecule has 16 heavy (non-hydrogen) atoms. The van der Waals surface area contributed by atoms with Crippen LogP contribution < -0.4 is 0 Å². The van der Waals surface area contributed by atoms with Crippen LogP contribution in [-0.4, -0.2) is 49.3 Å². The van der Waals surface area contributed by atoms with Gasteiger partial charge in [0, 0.05) is 13.1 Å². The minimum Gasteiger partial charge on any atom is -0.465 e. The third-order valence-corrected chi connectivity index (χ3v) is 2.66. The van der Waals surface area contributed by atoms with Crippen LogP contribution >= 0.6 is 0 Å². The van der Waals surface area contributed by atoms with Crippen LogP contribution in [0.4, 0.5) is 0 Å². The fourth-order valence-electron chi connectivity index (χ4n) is 1.98. The SMILES string of the molecule is CCOC(=O)CN1CCC(OC(C)C)CC1. The standard InChI is InChI=1S/C12H23NO3/c1-4-15-12(14)9-13-7-5-11(6-8-13)16-10(2)3/h10-11H,4-9H2,1-3H3. The van der Waals surface area contributed by atoms with Crippen LogP contribution in [0.1, 0.15) is 33.6 Å². The molecule has 1 rings (SSSR count). The van der Waals surface area contributed by atoms with Gasteiger partial charge in [0.2, 0.25) is 0 Å². The normalized spacial score (nSPS) is 19.0. The van der Waals surface area contributed by atoms with Crippen LogP contribution in [0, 0.1) is 0 Å². The van der Waals surface area contributed by atoms with E-state index in [2.05, 4.69) is 18.7 Å². The number of ether oxygens (including phenoxy) is 2. The Labute approximate surface area is 97.9 Å². The lowest BCUT2D eigenvalue weighted by atomic mass is 10.1. The van der Waals surface area contributed by atoms with Crippen LogP contribution in [0.15, 0.2) is 0 Å². The summed E-state index contributed by atoms with van der Waals surface area (Å²) in [4.78, 5) is 13.4. The Balaban J connectivity index is 2.19. The van der Waals surface area contributed by atoms with Crippen molar-refractivity contribution in [2.45, 2.75) is 45.8 Å². The molecule has 0 aromatic rings. The lowest BCUT2D eigenvalue weighted by Gasteiger charge is -2.32. The van der Waals surface area contributed by atoms with Gasteiger partial charge in [0.05, 0.1) is 25.4 Å². The van der Waals surface area contributed by atoms with E-state index >= 15 is 0 Å². The predicted molar refractivity (Wildman–Crippen MR) is 62.3 cm³/mol. The lowest BCUT2D eigenvalue weighted by molar-refractivity contribution is -0.145. The number of carbonyl (C=O) groups excluding carboxylic acids is 1. The van der Waals surface area contributed by atoms with E-state index < -0.39 is 0 Å². The van der Waals surface area contributed by atoms with Crippen molar-refractivity contribution in [1.29, 1.82) is 0 Å². The highest BCUT2D eigenvalue weighted by molar-refractivity contribution is 5.71. The molecule has 0 atom stereocenters. The van der Waals surface area contributed by atoms with Gasteiger partial charge in [-0.1, -0.05) is 0 Å². The van der Waals surface area contributed by atoms with E-state index in [1.54, 1.807) is 0 Å². The summed E-state index contributed by atoms with van der Waals surface area (Å²) < 4.78 is 10.7. The molecule has 4 nitrogen and oxygen atoms in total. The molecular formula is C12H23NO3. The van der Waals surface area contributed by atoms with Crippen molar-refractivity contribution in [3.8, 4) is 0 Å². The summed E-state index contributed by atoms with van der Waals surface area (Å²) in [6, 6.07) is 0. The Morgan fingerprint density at radius 2 is 2.00 bits per heavy atom. The monoisotopic (exact) mass is 229 g/mol. The van der Waals surface area contributed by atoms with Gasteiger partial charge >= 0.3 is 5.97 Å². The van der Waals surface area contributed by atoms with E-state index in [4.69, 9.17) is 9.47 Å². The molecular weight excluding hydrogens is 206 g/mol. The van der Waals surface area contributed by atoms with Crippen molar-refractivity contribution in [1.82, 2.24) is 4.90 Å². The molecule has 0 radical (unpaired) electrons. The fraction of sp³-hybridized carbons (Fsp3) is 0.917. The van der Waals surface area contributed by atoms with Gasteiger partial charge in [0.1, 0.15) is 0 Å². The number of nitrogens with zero attached hydrogens (tertiary/aromatic N) is 1. The number of piperidine rings is 1. The van der Waals surface area contributed by atoms with Gasteiger partial charge in [-0.15, -0.1) is 0 Å². The summed E-state index contributed by atoms with van der Waals surface area (Å²) >= 11 is 0. The molecule has 0 bridgehead atoms. The maximum Gasteiger partial charge on any atom is 0.320 e. The van der Waals surface area contributed by atoms with E-state index in [1.807, 2.05) is 6.92 Å². The molecule has 94 valence electrons. The third kappa shape index (κ3) is 4.94.